The predicted molar refractivity (Wildman–Crippen MR) is 74.8 cm³/mol. The quantitative estimate of drug-likeness (QED) is 0.572. The largest absolute Gasteiger partial charge is 0.493 e. The third kappa shape index (κ3) is 4.88. The van der Waals surface area contributed by atoms with Crippen molar-refractivity contribution in [1.82, 2.24) is 10.0 Å². The molecule has 0 heterocycles. The van der Waals surface area contributed by atoms with Crippen LogP contribution >= 0.6 is 0 Å². The van der Waals surface area contributed by atoms with E-state index >= 15 is 0 Å². The molecular formula is C12H18N2O6S. The van der Waals surface area contributed by atoms with Gasteiger partial charge in [0.25, 0.3) is 0 Å². The van der Waals surface area contributed by atoms with Crippen LogP contribution in [0.1, 0.15) is 0 Å². The van der Waals surface area contributed by atoms with Crippen LogP contribution in [0.4, 0.5) is 0 Å². The van der Waals surface area contributed by atoms with E-state index in [1.807, 2.05) is 0 Å². The third-order valence-corrected chi connectivity index (χ3v) is 3.92. The van der Waals surface area contributed by atoms with Gasteiger partial charge in [-0.15, -0.1) is 0 Å². The number of hydrogen-bond acceptors (Lipinski definition) is 6. The highest BCUT2D eigenvalue weighted by atomic mass is 32.2. The number of benzene rings is 1. The molecule has 0 aromatic heterocycles. The number of nitrogens with one attached hydrogen (secondary N) is 2. The van der Waals surface area contributed by atoms with Gasteiger partial charge in [-0.2, -0.15) is 0 Å². The van der Waals surface area contributed by atoms with Crippen molar-refractivity contribution in [1.29, 1.82) is 0 Å². The number of ether oxygens (including phenoxy) is 2. The van der Waals surface area contributed by atoms with E-state index in [1.165, 1.54) is 32.4 Å². The molecule has 118 valence electrons. The number of rotatable bonds is 8. The average Bonchev–Trinajstić information content (AvgIpc) is 2.50. The van der Waals surface area contributed by atoms with E-state index in [4.69, 9.17) is 14.6 Å². The summed E-state index contributed by atoms with van der Waals surface area (Å²) in [6.07, 6.45) is 0. The van der Waals surface area contributed by atoms with Crippen molar-refractivity contribution in [3.8, 4) is 11.5 Å². The molecule has 0 radical (unpaired) electrons. The zero-order chi connectivity index (χ0) is 15.9. The highest BCUT2D eigenvalue weighted by Crippen LogP contribution is 2.29. The highest BCUT2D eigenvalue weighted by molar-refractivity contribution is 7.89. The molecule has 0 atom stereocenters. The van der Waals surface area contributed by atoms with Crippen molar-refractivity contribution in [2.75, 3.05) is 33.9 Å². The van der Waals surface area contributed by atoms with Crippen LogP contribution in [0.15, 0.2) is 23.1 Å². The lowest BCUT2D eigenvalue weighted by Gasteiger charge is -2.11. The van der Waals surface area contributed by atoms with Crippen molar-refractivity contribution in [2.24, 2.45) is 0 Å². The van der Waals surface area contributed by atoms with Gasteiger partial charge < -0.3 is 19.9 Å². The van der Waals surface area contributed by atoms with E-state index in [0.29, 0.717) is 5.75 Å². The van der Waals surface area contributed by atoms with Crippen molar-refractivity contribution in [2.45, 2.75) is 4.90 Å². The summed E-state index contributed by atoms with van der Waals surface area (Å²) in [6.45, 7) is -0.568. The van der Waals surface area contributed by atoms with E-state index < -0.39 is 22.5 Å². The number of amides is 1. The second-order valence-electron chi connectivity index (χ2n) is 3.91. The van der Waals surface area contributed by atoms with Gasteiger partial charge in [0, 0.05) is 12.6 Å². The fraction of sp³-hybridized carbons (Fsp3) is 0.417. The summed E-state index contributed by atoms with van der Waals surface area (Å²) < 4.78 is 36.3. The van der Waals surface area contributed by atoms with Crippen LogP contribution < -0.4 is 19.5 Å². The van der Waals surface area contributed by atoms with Crippen molar-refractivity contribution >= 4 is 15.9 Å². The SMILES string of the molecule is COc1ccc(S(=O)(=O)NCC(=O)NCCO)cc1OC. The highest BCUT2D eigenvalue weighted by Gasteiger charge is 2.17. The molecule has 0 aliphatic carbocycles. The second-order valence-corrected chi connectivity index (χ2v) is 5.68. The molecule has 21 heavy (non-hydrogen) atoms. The molecule has 0 saturated carbocycles. The van der Waals surface area contributed by atoms with Gasteiger partial charge in [-0.05, 0) is 12.1 Å². The van der Waals surface area contributed by atoms with Crippen LogP contribution in [-0.2, 0) is 14.8 Å². The number of aliphatic hydroxyl groups excluding tert-OH is 1. The number of carbonyl (C=O) groups is 1. The molecule has 1 rings (SSSR count). The van der Waals surface area contributed by atoms with Crippen LogP contribution in [0.3, 0.4) is 0 Å². The van der Waals surface area contributed by atoms with Crippen molar-refractivity contribution in [3.05, 3.63) is 18.2 Å². The van der Waals surface area contributed by atoms with Gasteiger partial charge >= 0.3 is 0 Å². The number of sulfonamides is 1. The molecule has 0 aliphatic heterocycles. The Morgan fingerprint density at radius 3 is 2.48 bits per heavy atom. The van der Waals surface area contributed by atoms with Crippen LogP contribution in [-0.4, -0.2) is 53.3 Å². The van der Waals surface area contributed by atoms with Crippen molar-refractivity contribution in [3.63, 3.8) is 0 Å². The number of aliphatic hydroxyl groups is 1. The molecule has 0 saturated heterocycles. The zero-order valence-electron chi connectivity index (χ0n) is 11.8. The van der Waals surface area contributed by atoms with E-state index in [0.717, 1.165) is 0 Å². The topological polar surface area (TPSA) is 114 Å². The number of methoxy groups -OCH3 is 2. The van der Waals surface area contributed by atoms with Crippen molar-refractivity contribution < 1.29 is 27.8 Å². The normalized spacial score (nSPS) is 11.0. The molecule has 0 fully saturated rings. The molecule has 1 amide bonds. The first-order valence-corrected chi connectivity index (χ1v) is 7.52. The Morgan fingerprint density at radius 1 is 1.24 bits per heavy atom. The first-order valence-electron chi connectivity index (χ1n) is 6.04. The summed E-state index contributed by atoms with van der Waals surface area (Å²) in [4.78, 5) is 11.3. The molecule has 9 heteroatoms. The number of carbonyl (C=O) groups excluding carboxylic acids is 1. The lowest BCUT2D eigenvalue weighted by atomic mass is 10.3. The molecule has 3 N–H and O–H groups in total. The maximum absolute atomic E-state index is 12.0. The molecular weight excluding hydrogens is 300 g/mol. The Bertz CT molecular complexity index is 587. The van der Waals surface area contributed by atoms with Gasteiger partial charge in [0.2, 0.25) is 15.9 Å². The lowest BCUT2D eigenvalue weighted by molar-refractivity contribution is -0.120. The third-order valence-electron chi connectivity index (χ3n) is 2.52. The maximum Gasteiger partial charge on any atom is 0.241 e. The number of hydrogen-bond donors (Lipinski definition) is 3. The van der Waals surface area contributed by atoms with Crippen LogP contribution in [0.25, 0.3) is 0 Å². The minimum Gasteiger partial charge on any atom is -0.493 e. The van der Waals surface area contributed by atoms with Gasteiger partial charge in [-0.25, -0.2) is 13.1 Å². The first kappa shape index (κ1) is 17.2. The fourth-order valence-corrected chi connectivity index (χ4v) is 2.48. The summed E-state index contributed by atoms with van der Waals surface area (Å²) in [5.74, 6) is 0.135. The molecule has 0 aliphatic rings. The molecule has 1 aromatic rings. The van der Waals surface area contributed by atoms with Crippen LogP contribution in [0.2, 0.25) is 0 Å². The standard InChI is InChI=1S/C12H18N2O6S/c1-19-10-4-3-9(7-11(10)20-2)21(17,18)14-8-12(16)13-5-6-15/h3-4,7,14-15H,5-6,8H2,1-2H3,(H,13,16). The molecule has 1 aromatic carbocycles. The van der Waals surface area contributed by atoms with Crippen LogP contribution in [0.5, 0.6) is 11.5 Å². The first-order chi connectivity index (χ1) is 9.94. The minimum absolute atomic E-state index is 0.0462. The maximum atomic E-state index is 12.0. The summed E-state index contributed by atoms with van der Waals surface area (Å²) in [7, 11) is -1.01. The predicted octanol–water partition coefficient (Wildman–Crippen LogP) is -0.909. The molecule has 8 nitrogen and oxygen atoms in total. The van der Waals surface area contributed by atoms with E-state index in [1.54, 1.807) is 0 Å². The Balaban J connectivity index is 2.81. The summed E-state index contributed by atoms with van der Waals surface area (Å²) in [5.41, 5.74) is 0. The Morgan fingerprint density at radius 2 is 1.90 bits per heavy atom. The van der Waals surface area contributed by atoms with E-state index in [-0.39, 0.29) is 23.8 Å². The van der Waals surface area contributed by atoms with Gasteiger partial charge in [-0.3, -0.25) is 4.79 Å². The molecule has 0 spiro atoms. The van der Waals surface area contributed by atoms with E-state index in [2.05, 4.69) is 10.0 Å². The summed E-state index contributed by atoms with van der Waals surface area (Å²) >= 11 is 0. The van der Waals surface area contributed by atoms with Gasteiger partial charge in [0.15, 0.2) is 11.5 Å². The Hall–Kier alpha value is -1.84. The van der Waals surface area contributed by atoms with Gasteiger partial charge in [0.05, 0.1) is 32.3 Å². The Kier molecular flexibility index (Phi) is 6.40. The minimum atomic E-state index is -3.85. The Labute approximate surface area is 123 Å². The molecule has 0 unspecified atom stereocenters. The summed E-state index contributed by atoms with van der Waals surface area (Å²) in [5, 5.41) is 10.9. The second kappa shape index (κ2) is 7.81. The monoisotopic (exact) mass is 318 g/mol. The lowest BCUT2D eigenvalue weighted by Crippen LogP contribution is -2.37. The molecule has 0 bridgehead atoms. The van der Waals surface area contributed by atoms with Gasteiger partial charge in [-0.1, -0.05) is 0 Å². The summed E-state index contributed by atoms with van der Waals surface area (Å²) in [6, 6.07) is 4.10. The van der Waals surface area contributed by atoms with Gasteiger partial charge in [0.1, 0.15) is 0 Å². The average molecular weight is 318 g/mol. The van der Waals surface area contributed by atoms with Crippen LogP contribution in [0, 0.1) is 0 Å². The smallest absolute Gasteiger partial charge is 0.241 e. The zero-order valence-corrected chi connectivity index (χ0v) is 12.6. The fourth-order valence-electron chi connectivity index (χ4n) is 1.49. The van der Waals surface area contributed by atoms with E-state index in [9.17, 15) is 13.2 Å².